The maximum atomic E-state index is 11.6. The summed E-state index contributed by atoms with van der Waals surface area (Å²) in [6, 6.07) is 8.00. The normalized spacial score (nSPS) is 15.9. The van der Waals surface area contributed by atoms with Gasteiger partial charge in [0.2, 0.25) is 0 Å². The van der Waals surface area contributed by atoms with E-state index in [-0.39, 0.29) is 18.5 Å². The number of carbonyl (C=O) groups is 1. The first-order chi connectivity index (χ1) is 14.4. The van der Waals surface area contributed by atoms with Crippen molar-refractivity contribution in [1.29, 1.82) is 0 Å². The highest BCUT2D eigenvalue weighted by Gasteiger charge is 2.32. The van der Waals surface area contributed by atoms with Crippen molar-refractivity contribution in [2.75, 3.05) is 32.6 Å². The number of hydrogen-bond acceptors (Lipinski definition) is 5. The molecule has 31 heavy (non-hydrogen) atoms. The molecule has 5 nitrogen and oxygen atoms in total. The number of benzene rings is 1. The molecule has 1 N–H and O–H groups in total. The molecule has 1 aliphatic rings. The number of aldehydes is 1. The molecule has 2 rings (SSSR count). The molecule has 1 fully saturated rings. The molecule has 176 valence electrons. The van der Waals surface area contributed by atoms with Gasteiger partial charge in [0, 0.05) is 29.1 Å². The van der Waals surface area contributed by atoms with E-state index in [0.717, 1.165) is 46.9 Å². The van der Waals surface area contributed by atoms with Crippen LogP contribution in [0.25, 0.3) is 0 Å². The van der Waals surface area contributed by atoms with E-state index in [1.54, 1.807) is 0 Å². The van der Waals surface area contributed by atoms with Crippen molar-refractivity contribution in [1.82, 2.24) is 9.91 Å². The van der Waals surface area contributed by atoms with Crippen LogP contribution in [0.2, 0.25) is 0 Å². The average Bonchev–Trinajstić information content (AvgIpc) is 2.68. The monoisotopic (exact) mass is 527 g/mol. The van der Waals surface area contributed by atoms with Gasteiger partial charge in [0.15, 0.2) is 0 Å². The number of aliphatic hydroxyl groups is 1. The lowest BCUT2D eigenvalue weighted by Crippen LogP contribution is -2.40. The molecule has 1 heterocycles. The highest BCUT2D eigenvalue weighted by Crippen LogP contribution is 2.32. The Morgan fingerprint density at radius 2 is 1.84 bits per heavy atom. The second-order valence-corrected chi connectivity index (χ2v) is 8.33. The third-order valence-corrected chi connectivity index (χ3v) is 4.76. The van der Waals surface area contributed by atoms with Crippen molar-refractivity contribution >= 4 is 40.0 Å². The molecule has 0 atom stereocenters. The molecular formula is C21H30BrClF3N3O2. The summed E-state index contributed by atoms with van der Waals surface area (Å²) < 4.78 is 35.9. The van der Waals surface area contributed by atoms with Crippen molar-refractivity contribution in [3.8, 4) is 0 Å². The summed E-state index contributed by atoms with van der Waals surface area (Å²) in [6.45, 7) is 8.40. The van der Waals surface area contributed by atoms with Gasteiger partial charge in [0.25, 0.3) is 0 Å². The maximum Gasteiger partial charge on any atom is 0.428 e. The lowest BCUT2D eigenvalue weighted by Gasteiger charge is -2.36. The van der Waals surface area contributed by atoms with E-state index in [1.165, 1.54) is 6.92 Å². The number of carbonyl (C=O) groups excluding carboxylic acids is 1. The summed E-state index contributed by atoms with van der Waals surface area (Å²) >= 11 is 8.41. The van der Waals surface area contributed by atoms with Crippen LogP contribution in [0.4, 0.5) is 13.2 Å². The number of allylic oxidation sites excluding steroid dienone is 1. The molecule has 1 saturated heterocycles. The lowest BCUT2D eigenvalue weighted by atomic mass is 9.85. The standard InChI is InChI=1S/C12H16BrNO.C7H9F3N2O.C2H5Cl/c1-14-8-6-12(15,7-9-14)10-2-4-11(13)5-3-10;1-6(2)12(3-4-13)11-5-7(8,9)10;1-2-3/h2-5,15H,6-9H2,1H3;4-5H,1,3H2,2H3;2H2,1H3/b;11-5+;. The predicted molar refractivity (Wildman–Crippen MR) is 123 cm³/mol. The van der Waals surface area contributed by atoms with Gasteiger partial charge in [-0.3, -0.25) is 5.01 Å². The lowest BCUT2D eigenvalue weighted by molar-refractivity contribution is -0.108. The number of likely N-dealkylation sites (tertiary alicyclic amines) is 1. The van der Waals surface area contributed by atoms with Gasteiger partial charge in [-0.15, -0.1) is 11.6 Å². The number of hydrazone groups is 1. The van der Waals surface area contributed by atoms with Crippen molar-refractivity contribution < 1.29 is 23.1 Å². The fourth-order valence-corrected chi connectivity index (χ4v) is 2.81. The van der Waals surface area contributed by atoms with E-state index in [2.05, 4.69) is 39.6 Å². The van der Waals surface area contributed by atoms with Gasteiger partial charge in [-0.05, 0) is 44.5 Å². The van der Waals surface area contributed by atoms with Crippen LogP contribution in [-0.2, 0) is 10.4 Å². The van der Waals surface area contributed by atoms with Crippen molar-refractivity contribution in [3.63, 3.8) is 0 Å². The molecule has 0 spiro atoms. The molecule has 1 aromatic carbocycles. The summed E-state index contributed by atoms with van der Waals surface area (Å²) in [6.07, 6.45) is -2.57. The van der Waals surface area contributed by atoms with Gasteiger partial charge < -0.3 is 14.8 Å². The van der Waals surface area contributed by atoms with Crippen LogP contribution in [0.5, 0.6) is 0 Å². The zero-order valence-corrected chi connectivity index (χ0v) is 20.3. The van der Waals surface area contributed by atoms with E-state index in [9.17, 15) is 23.1 Å². The van der Waals surface area contributed by atoms with Crippen LogP contribution >= 0.6 is 27.5 Å². The number of nitrogens with zero attached hydrogens (tertiary/aromatic N) is 3. The van der Waals surface area contributed by atoms with Crippen LogP contribution in [0, 0.1) is 0 Å². The Bertz CT molecular complexity index is 692. The van der Waals surface area contributed by atoms with Gasteiger partial charge in [0.05, 0.1) is 12.1 Å². The number of alkyl halides is 4. The van der Waals surface area contributed by atoms with Crippen LogP contribution in [-0.4, -0.2) is 66.3 Å². The molecule has 0 saturated carbocycles. The second kappa shape index (κ2) is 14.6. The molecule has 0 aromatic heterocycles. The van der Waals surface area contributed by atoms with Gasteiger partial charge in [-0.1, -0.05) is 41.6 Å². The third kappa shape index (κ3) is 12.9. The molecule has 0 aliphatic carbocycles. The maximum absolute atomic E-state index is 11.6. The first-order valence-corrected chi connectivity index (χ1v) is 10.9. The van der Waals surface area contributed by atoms with Crippen LogP contribution in [0.15, 0.2) is 46.1 Å². The van der Waals surface area contributed by atoms with E-state index >= 15 is 0 Å². The van der Waals surface area contributed by atoms with Crippen LogP contribution in [0.1, 0.15) is 32.3 Å². The van der Waals surface area contributed by atoms with Gasteiger partial charge >= 0.3 is 6.18 Å². The Balaban J connectivity index is 0.000000521. The minimum absolute atomic E-state index is 0.189. The number of piperidine rings is 1. The molecule has 0 radical (unpaired) electrons. The third-order valence-electron chi connectivity index (χ3n) is 4.23. The highest BCUT2D eigenvalue weighted by atomic mass is 79.9. The Labute approximate surface area is 195 Å². The second-order valence-electron chi connectivity index (χ2n) is 6.88. The molecule has 0 bridgehead atoms. The Morgan fingerprint density at radius 1 is 1.35 bits per heavy atom. The quantitative estimate of drug-likeness (QED) is 0.248. The largest absolute Gasteiger partial charge is 0.428 e. The fraction of sp³-hybridized carbons (Fsp3) is 0.524. The predicted octanol–water partition coefficient (Wildman–Crippen LogP) is 5.18. The van der Waals surface area contributed by atoms with Gasteiger partial charge in [0.1, 0.15) is 12.5 Å². The summed E-state index contributed by atoms with van der Waals surface area (Å²) in [7, 11) is 2.10. The summed E-state index contributed by atoms with van der Waals surface area (Å²) in [5.41, 5.74) is 0.694. The summed E-state index contributed by atoms with van der Waals surface area (Å²) in [4.78, 5) is 12.3. The first kappa shape index (κ1) is 29.6. The molecule has 0 amide bonds. The zero-order chi connectivity index (χ0) is 24.1. The Kier molecular flexibility index (Phi) is 13.9. The first-order valence-electron chi connectivity index (χ1n) is 9.60. The number of rotatable bonds is 5. The molecular weight excluding hydrogens is 499 g/mol. The molecule has 10 heteroatoms. The van der Waals surface area contributed by atoms with Crippen molar-refractivity contribution in [3.05, 3.63) is 46.6 Å². The summed E-state index contributed by atoms with van der Waals surface area (Å²) in [5, 5.41) is 14.4. The van der Waals surface area contributed by atoms with Crippen molar-refractivity contribution in [2.24, 2.45) is 5.10 Å². The zero-order valence-electron chi connectivity index (χ0n) is 18.0. The van der Waals surface area contributed by atoms with E-state index in [0.29, 0.717) is 6.29 Å². The van der Waals surface area contributed by atoms with E-state index in [1.807, 2.05) is 31.2 Å². The van der Waals surface area contributed by atoms with E-state index in [4.69, 9.17) is 11.6 Å². The van der Waals surface area contributed by atoms with Crippen molar-refractivity contribution in [2.45, 2.75) is 38.5 Å². The average molecular weight is 529 g/mol. The van der Waals surface area contributed by atoms with Gasteiger partial charge in [-0.2, -0.15) is 18.3 Å². The van der Waals surface area contributed by atoms with Crippen LogP contribution < -0.4 is 0 Å². The minimum Gasteiger partial charge on any atom is -0.385 e. The van der Waals surface area contributed by atoms with Gasteiger partial charge in [-0.25, -0.2) is 0 Å². The minimum atomic E-state index is -4.48. The number of halogens is 5. The molecule has 0 unspecified atom stereocenters. The fourth-order valence-electron chi connectivity index (χ4n) is 2.54. The Morgan fingerprint density at radius 3 is 2.23 bits per heavy atom. The summed E-state index contributed by atoms with van der Waals surface area (Å²) in [5.74, 6) is 0.722. The highest BCUT2D eigenvalue weighted by molar-refractivity contribution is 9.10. The number of hydrogen-bond donors (Lipinski definition) is 1. The van der Waals surface area contributed by atoms with E-state index < -0.39 is 11.8 Å². The molecule has 1 aromatic rings. The SMILES string of the molecule is C=C(C)N(CC=O)/N=C/C(F)(F)F.CCCl.CN1CCC(O)(c2ccc(Br)cc2)CC1. The molecule has 1 aliphatic heterocycles. The topological polar surface area (TPSA) is 56.1 Å². The van der Waals surface area contributed by atoms with Crippen LogP contribution in [0.3, 0.4) is 0 Å². The smallest absolute Gasteiger partial charge is 0.385 e. The Hall–Kier alpha value is -1.42.